The van der Waals surface area contributed by atoms with E-state index in [1.54, 1.807) is 9.80 Å². The van der Waals surface area contributed by atoms with E-state index in [-0.39, 0.29) is 24.6 Å². The maximum atomic E-state index is 12.5. The molecule has 3 rings (SSSR count). The SMILES string of the molecule is CCOc1ccc(N2CC(NC(=O)N3CCN(CCO)CC3)CC2=O)cc1. The van der Waals surface area contributed by atoms with Crippen LogP contribution in [0.5, 0.6) is 5.75 Å². The monoisotopic (exact) mass is 376 g/mol. The quantitative estimate of drug-likeness (QED) is 0.756. The molecule has 0 bridgehead atoms. The molecule has 8 nitrogen and oxygen atoms in total. The number of ether oxygens (including phenoxy) is 1. The van der Waals surface area contributed by atoms with Crippen LogP contribution in [0.1, 0.15) is 13.3 Å². The highest BCUT2D eigenvalue weighted by Crippen LogP contribution is 2.24. The fourth-order valence-electron chi connectivity index (χ4n) is 3.52. The number of anilines is 1. The van der Waals surface area contributed by atoms with Gasteiger partial charge < -0.3 is 25.0 Å². The van der Waals surface area contributed by atoms with Crippen LogP contribution in [0.4, 0.5) is 10.5 Å². The van der Waals surface area contributed by atoms with Crippen LogP contribution < -0.4 is 15.0 Å². The average molecular weight is 376 g/mol. The molecule has 0 aromatic heterocycles. The lowest BCUT2D eigenvalue weighted by Crippen LogP contribution is -2.54. The van der Waals surface area contributed by atoms with Gasteiger partial charge in [0.05, 0.1) is 19.3 Å². The van der Waals surface area contributed by atoms with E-state index in [0.717, 1.165) is 24.5 Å². The number of aliphatic hydroxyl groups excluding tert-OH is 1. The molecule has 1 aromatic rings. The first-order chi connectivity index (χ1) is 13.1. The summed E-state index contributed by atoms with van der Waals surface area (Å²) in [6, 6.07) is 7.13. The summed E-state index contributed by atoms with van der Waals surface area (Å²) in [6.07, 6.45) is 0.309. The molecule has 3 amide bonds. The summed E-state index contributed by atoms with van der Waals surface area (Å²) in [5, 5.41) is 12.0. The molecule has 2 heterocycles. The van der Waals surface area contributed by atoms with Crippen molar-refractivity contribution in [2.75, 3.05) is 57.4 Å². The van der Waals surface area contributed by atoms with Crippen molar-refractivity contribution in [1.82, 2.24) is 15.1 Å². The van der Waals surface area contributed by atoms with Gasteiger partial charge in [-0.2, -0.15) is 0 Å². The second-order valence-electron chi connectivity index (χ2n) is 6.83. The predicted molar refractivity (Wildman–Crippen MR) is 102 cm³/mol. The molecule has 27 heavy (non-hydrogen) atoms. The smallest absolute Gasteiger partial charge is 0.317 e. The third-order valence-corrected chi connectivity index (χ3v) is 4.99. The molecule has 2 saturated heterocycles. The van der Waals surface area contributed by atoms with Gasteiger partial charge in [0.25, 0.3) is 0 Å². The number of urea groups is 1. The molecule has 8 heteroatoms. The van der Waals surface area contributed by atoms with Gasteiger partial charge in [0.15, 0.2) is 0 Å². The van der Waals surface area contributed by atoms with Crippen molar-refractivity contribution in [3.8, 4) is 5.75 Å². The molecule has 2 N–H and O–H groups in total. The number of hydrogen-bond donors (Lipinski definition) is 2. The number of β-amino-alcohol motifs (C(OH)–C–C–N with tert-alkyl or cyclic N) is 1. The van der Waals surface area contributed by atoms with Crippen LogP contribution in [0.25, 0.3) is 0 Å². The van der Waals surface area contributed by atoms with Crippen LogP contribution in [0.2, 0.25) is 0 Å². The number of benzene rings is 1. The zero-order chi connectivity index (χ0) is 19.2. The van der Waals surface area contributed by atoms with E-state index in [1.165, 1.54) is 0 Å². The molecule has 2 aliphatic rings. The van der Waals surface area contributed by atoms with Crippen molar-refractivity contribution in [3.05, 3.63) is 24.3 Å². The fourth-order valence-corrected chi connectivity index (χ4v) is 3.52. The Morgan fingerprint density at radius 2 is 1.93 bits per heavy atom. The minimum Gasteiger partial charge on any atom is -0.494 e. The minimum atomic E-state index is -0.188. The average Bonchev–Trinajstić information content (AvgIpc) is 3.03. The molecule has 0 aliphatic carbocycles. The van der Waals surface area contributed by atoms with Gasteiger partial charge in [0, 0.05) is 51.4 Å². The number of piperazine rings is 1. The number of hydrogen-bond acceptors (Lipinski definition) is 5. The second-order valence-corrected chi connectivity index (χ2v) is 6.83. The summed E-state index contributed by atoms with van der Waals surface area (Å²) in [5.74, 6) is 0.787. The normalized spacial score (nSPS) is 20.8. The van der Waals surface area contributed by atoms with Crippen LogP contribution in [0, 0.1) is 0 Å². The first-order valence-electron chi connectivity index (χ1n) is 9.52. The Labute approximate surface area is 159 Å². The first kappa shape index (κ1) is 19.4. The van der Waals surface area contributed by atoms with Gasteiger partial charge >= 0.3 is 6.03 Å². The lowest BCUT2D eigenvalue weighted by Gasteiger charge is -2.34. The fraction of sp³-hybridized carbons (Fsp3) is 0.579. The molecule has 1 aromatic carbocycles. The topological polar surface area (TPSA) is 85.3 Å². The van der Waals surface area contributed by atoms with E-state index < -0.39 is 0 Å². The number of nitrogens with one attached hydrogen (secondary N) is 1. The Kier molecular flexibility index (Phi) is 6.52. The number of amides is 3. The van der Waals surface area contributed by atoms with Crippen molar-refractivity contribution >= 4 is 17.6 Å². The van der Waals surface area contributed by atoms with E-state index in [4.69, 9.17) is 9.84 Å². The molecule has 2 aliphatic heterocycles. The zero-order valence-corrected chi connectivity index (χ0v) is 15.8. The Hall–Kier alpha value is -2.32. The molecule has 2 fully saturated rings. The third kappa shape index (κ3) is 4.90. The van der Waals surface area contributed by atoms with Crippen LogP contribution in [0.15, 0.2) is 24.3 Å². The third-order valence-electron chi connectivity index (χ3n) is 4.99. The zero-order valence-electron chi connectivity index (χ0n) is 15.8. The lowest BCUT2D eigenvalue weighted by molar-refractivity contribution is -0.117. The van der Waals surface area contributed by atoms with Crippen LogP contribution in [0.3, 0.4) is 0 Å². The van der Waals surface area contributed by atoms with E-state index >= 15 is 0 Å². The second kappa shape index (κ2) is 9.05. The summed E-state index contributed by atoms with van der Waals surface area (Å²) >= 11 is 0. The maximum absolute atomic E-state index is 12.5. The van der Waals surface area contributed by atoms with Crippen LogP contribution in [-0.4, -0.2) is 85.4 Å². The molecule has 0 saturated carbocycles. The van der Waals surface area contributed by atoms with Crippen molar-refractivity contribution in [2.24, 2.45) is 0 Å². The number of aliphatic hydroxyl groups is 1. The largest absolute Gasteiger partial charge is 0.494 e. The molecule has 0 radical (unpaired) electrons. The lowest BCUT2D eigenvalue weighted by atomic mass is 10.2. The predicted octanol–water partition coefficient (Wildman–Crippen LogP) is 0.510. The number of nitrogens with zero attached hydrogens (tertiary/aromatic N) is 3. The Morgan fingerprint density at radius 3 is 2.56 bits per heavy atom. The van der Waals surface area contributed by atoms with Gasteiger partial charge in [-0.25, -0.2) is 4.79 Å². The molecule has 1 atom stereocenters. The van der Waals surface area contributed by atoms with Gasteiger partial charge in [-0.15, -0.1) is 0 Å². The van der Waals surface area contributed by atoms with Crippen LogP contribution >= 0.6 is 0 Å². The highest BCUT2D eigenvalue weighted by atomic mass is 16.5. The minimum absolute atomic E-state index is 0.0113. The summed E-state index contributed by atoms with van der Waals surface area (Å²) in [5.41, 5.74) is 0.817. The van der Waals surface area contributed by atoms with E-state index in [1.807, 2.05) is 31.2 Å². The summed E-state index contributed by atoms with van der Waals surface area (Å²) in [4.78, 5) is 30.5. The highest BCUT2D eigenvalue weighted by Gasteiger charge is 2.33. The first-order valence-corrected chi connectivity index (χ1v) is 9.52. The highest BCUT2D eigenvalue weighted by molar-refractivity contribution is 5.96. The van der Waals surface area contributed by atoms with Crippen molar-refractivity contribution in [2.45, 2.75) is 19.4 Å². The van der Waals surface area contributed by atoms with E-state index in [0.29, 0.717) is 39.2 Å². The van der Waals surface area contributed by atoms with Gasteiger partial charge in [-0.3, -0.25) is 9.69 Å². The summed E-state index contributed by atoms with van der Waals surface area (Å²) in [7, 11) is 0. The Balaban J connectivity index is 1.51. The van der Waals surface area contributed by atoms with Gasteiger partial charge in [0.1, 0.15) is 5.75 Å². The van der Waals surface area contributed by atoms with Gasteiger partial charge in [-0.1, -0.05) is 0 Å². The number of carbonyl (C=O) groups is 2. The molecule has 0 spiro atoms. The van der Waals surface area contributed by atoms with E-state index in [9.17, 15) is 9.59 Å². The number of rotatable bonds is 6. The summed E-state index contributed by atoms with van der Waals surface area (Å²) < 4.78 is 5.43. The summed E-state index contributed by atoms with van der Waals surface area (Å²) in [6.45, 7) is 6.57. The standard InChI is InChI=1S/C19H28N4O4/c1-2-27-17-5-3-16(4-6-17)23-14-15(13-18(23)25)20-19(26)22-9-7-21(8-10-22)11-12-24/h3-6,15,24H,2,7-14H2,1H3,(H,20,26). The van der Waals surface area contributed by atoms with E-state index in [2.05, 4.69) is 10.2 Å². The molecular formula is C19H28N4O4. The number of carbonyl (C=O) groups excluding carboxylic acids is 2. The van der Waals surface area contributed by atoms with Gasteiger partial charge in [-0.05, 0) is 31.2 Å². The van der Waals surface area contributed by atoms with Crippen molar-refractivity contribution < 1.29 is 19.4 Å². The van der Waals surface area contributed by atoms with Crippen molar-refractivity contribution in [3.63, 3.8) is 0 Å². The molecular weight excluding hydrogens is 348 g/mol. The maximum Gasteiger partial charge on any atom is 0.317 e. The van der Waals surface area contributed by atoms with Crippen LogP contribution in [-0.2, 0) is 4.79 Å². The molecule has 1 unspecified atom stereocenters. The van der Waals surface area contributed by atoms with Crippen molar-refractivity contribution in [1.29, 1.82) is 0 Å². The van der Waals surface area contributed by atoms with Gasteiger partial charge in [0.2, 0.25) is 5.91 Å². The Morgan fingerprint density at radius 1 is 1.22 bits per heavy atom. The molecule has 148 valence electrons. The Bertz CT molecular complexity index is 644.